The third kappa shape index (κ3) is 2.42. The van der Waals surface area contributed by atoms with Crippen LogP contribution in [0.1, 0.15) is 23.7 Å². The van der Waals surface area contributed by atoms with E-state index < -0.39 is 0 Å². The summed E-state index contributed by atoms with van der Waals surface area (Å²) in [6.07, 6.45) is 0.622. The van der Waals surface area contributed by atoms with Crippen molar-refractivity contribution < 1.29 is 9.53 Å². The number of benzene rings is 1. The zero-order chi connectivity index (χ0) is 11.4. The molecule has 0 atom stereocenters. The van der Waals surface area contributed by atoms with Gasteiger partial charge in [0.25, 0.3) is 0 Å². The summed E-state index contributed by atoms with van der Waals surface area (Å²) in [5, 5.41) is 3.17. The minimum absolute atomic E-state index is 0.190. The number of hydrogen-bond acceptors (Lipinski definition) is 3. The molecule has 0 amide bonds. The highest BCUT2D eigenvalue weighted by molar-refractivity contribution is 5.98. The van der Waals surface area contributed by atoms with Crippen molar-refractivity contribution in [1.29, 1.82) is 0 Å². The van der Waals surface area contributed by atoms with Crippen molar-refractivity contribution >= 4 is 5.78 Å². The first-order valence-electron chi connectivity index (χ1n) is 5.77. The molecule has 0 spiro atoms. The molecular formula is C13H17NO2. The van der Waals surface area contributed by atoms with Crippen molar-refractivity contribution in [3.05, 3.63) is 29.8 Å². The zero-order valence-corrected chi connectivity index (χ0v) is 9.53. The molecule has 0 aromatic heterocycles. The summed E-state index contributed by atoms with van der Waals surface area (Å²) >= 11 is 0. The Morgan fingerprint density at radius 3 is 2.81 bits per heavy atom. The molecule has 0 saturated carbocycles. The lowest BCUT2D eigenvalue weighted by atomic mass is 9.93. The largest absolute Gasteiger partial charge is 0.493 e. The van der Waals surface area contributed by atoms with E-state index in [0.717, 1.165) is 18.7 Å². The van der Waals surface area contributed by atoms with Gasteiger partial charge in [0.15, 0.2) is 5.78 Å². The van der Waals surface area contributed by atoms with Crippen molar-refractivity contribution in [3.8, 4) is 5.75 Å². The Kier molecular flexibility index (Phi) is 3.57. The summed E-state index contributed by atoms with van der Waals surface area (Å²) in [7, 11) is 0. The van der Waals surface area contributed by atoms with Crippen LogP contribution in [0.4, 0.5) is 0 Å². The van der Waals surface area contributed by atoms with Gasteiger partial charge >= 0.3 is 0 Å². The van der Waals surface area contributed by atoms with Crippen molar-refractivity contribution in [1.82, 2.24) is 5.32 Å². The first-order valence-corrected chi connectivity index (χ1v) is 5.77. The molecule has 0 radical (unpaired) electrons. The number of carbonyl (C=O) groups excluding carboxylic acids is 1. The molecule has 0 bridgehead atoms. The fourth-order valence-corrected chi connectivity index (χ4v) is 1.84. The van der Waals surface area contributed by atoms with Gasteiger partial charge in [-0.2, -0.15) is 0 Å². The van der Waals surface area contributed by atoms with Gasteiger partial charge in [-0.1, -0.05) is 12.1 Å². The standard InChI is InChI=1S/C13H17NO2/c1-2-16-13-6-4-3-5-11(13)12(15)7-10-8-14-9-10/h3-6,10,14H,2,7-9H2,1H3. The smallest absolute Gasteiger partial charge is 0.166 e. The minimum atomic E-state index is 0.190. The lowest BCUT2D eigenvalue weighted by molar-refractivity contribution is 0.0942. The molecule has 1 fully saturated rings. The molecule has 1 saturated heterocycles. The highest BCUT2D eigenvalue weighted by atomic mass is 16.5. The monoisotopic (exact) mass is 219 g/mol. The summed E-state index contributed by atoms with van der Waals surface area (Å²) in [6, 6.07) is 7.48. The summed E-state index contributed by atoms with van der Waals surface area (Å²) in [5.74, 6) is 1.40. The Labute approximate surface area is 95.8 Å². The van der Waals surface area contributed by atoms with Crippen LogP contribution in [0.5, 0.6) is 5.75 Å². The van der Waals surface area contributed by atoms with Crippen LogP contribution in [0, 0.1) is 5.92 Å². The Morgan fingerprint density at radius 2 is 2.19 bits per heavy atom. The van der Waals surface area contributed by atoms with E-state index >= 15 is 0 Å². The number of Topliss-reactive ketones (excluding diaryl/α,β-unsaturated/α-hetero) is 1. The van der Waals surface area contributed by atoms with Crippen LogP contribution < -0.4 is 10.1 Å². The normalized spacial score (nSPS) is 15.6. The van der Waals surface area contributed by atoms with Gasteiger partial charge < -0.3 is 10.1 Å². The van der Waals surface area contributed by atoms with Crippen LogP contribution in [0.15, 0.2) is 24.3 Å². The van der Waals surface area contributed by atoms with Crippen LogP contribution in [0.3, 0.4) is 0 Å². The summed E-state index contributed by atoms with van der Waals surface area (Å²) in [6.45, 7) is 4.44. The molecule has 3 nitrogen and oxygen atoms in total. The van der Waals surface area contributed by atoms with Gasteiger partial charge in [-0.15, -0.1) is 0 Å². The minimum Gasteiger partial charge on any atom is -0.493 e. The topological polar surface area (TPSA) is 38.3 Å². The molecule has 86 valence electrons. The highest BCUT2D eigenvalue weighted by Gasteiger charge is 2.22. The predicted octanol–water partition coefficient (Wildman–Crippen LogP) is 1.88. The fourth-order valence-electron chi connectivity index (χ4n) is 1.84. The lowest BCUT2D eigenvalue weighted by Gasteiger charge is -2.26. The molecule has 1 heterocycles. The number of hydrogen-bond donors (Lipinski definition) is 1. The average Bonchev–Trinajstić information content (AvgIpc) is 2.24. The second-order valence-corrected chi connectivity index (χ2v) is 4.08. The molecule has 2 rings (SSSR count). The van der Waals surface area contributed by atoms with Gasteiger partial charge in [0.05, 0.1) is 12.2 Å². The van der Waals surface area contributed by atoms with E-state index in [2.05, 4.69) is 5.32 Å². The number of nitrogens with one attached hydrogen (secondary N) is 1. The highest BCUT2D eigenvalue weighted by Crippen LogP contribution is 2.22. The van der Waals surface area contributed by atoms with Crippen molar-refractivity contribution in [2.75, 3.05) is 19.7 Å². The SMILES string of the molecule is CCOc1ccccc1C(=O)CC1CNC1. The molecule has 1 aliphatic rings. The van der Waals surface area contributed by atoms with Crippen LogP contribution in [-0.4, -0.2) is 25.5 Å². The van der Waals surface area contributed by atoms with Crippen molar-refractivity contribution in [2.24, 2.45) is 5.92 Å². The molecular weight excluding hydrogens is 202 g/mol. The Hall–Kier alpha value is -1.35. The van der Waals surface area contributed by atoms with E-state index in [0.29, 0.717) is 24.7 Å². The molecule has 1 aromatic carbocycles. The number of para-hydroxylation sites is 1. The van der Waals surface area contributed by atoms with Crippen molar-refractivity contribution in [3.63, 3.8) is 0 Å². The van der Waals surface area contributed by atoms with Crippen LogP contribution in [0.2, 0.25) is 0 Å². The van der Waals surface area contributed by atoms with Crippen LogP contribution in [0.25, 0.3) is 0 Å². The van der Waals surface area contributed by atoms with Gasteiger partial charge in [-0.3, -0.25) is 4.79 Å². The summed E-state index contributed by atoms with van der Waals surface area (Å²) in [5.41, 5.74) is 0.719. The van der Waals surface area contributed by atoms with Crippen molar-refractivity contribution in [2.45, 2.75) is 13.3 Å². The van der Waals surface area contributed by atoms with Gasteiger partial charge in [-0.25, -0.2) is 0 Å². The maximum absolute atomic E-state index is 12.0. The molecule has 0 aliphatic carbocycles. The first-order chi connectivity index (χ1) is 7.81. The maximum Gasteiger partial charge on any atom is 0.166 e. The van der Waals surface area contributed by atoms with E-state index in [9.17, 15) is 4.79 Å². The first kappa shape index (κ1) is 11.1. The third-order valence-electron chi connectivity index (χ3n) is 2.83. The molecule has 16 heavy (non-hydrogen) atoms. The second-order valence-electron chi connectivity index (χ2n) is 4.08. The van der Waals surface area contributed by atoms with E-state index in [1.54, 1.807) is 0 Å². The molecule has 1 aliphatic heterocycles. The van der Waals surface area contributed by atoms with Gasteiger partial charge in [0, 0.05) is 6.42 Å². The second kappa shape index (κ2) is 5.12. The van der Waals surface area contributed by atoms with Gasteiger partial charge in [0.2, 0.25) is 0 Å². The van der Waals surface area contributed by atoms with E-state index in [4.69, 9.17) is 4.74 Å². The molecule has 1 aromatic rings. The number of rotatable bonds is 5. The Morgan fingerprint density at radius 1 is 1.44 bits per heavy atom. The molecule has 3 heteroatoms. The quantitative estimate of drug-likeness (QED) is 0.768. The van der Waals surface area contributed by atoms with E-state index in [1.165, 1.54) is 0 Å². The van der Waals surface area contributed by atoms with E-state index in [-0.39, 0.29) is 5.78 Å². The summed E-state index contributed by atoms with van der Waals surface area (Å²) < 4.78 is 5.45. The number of ketones is 1. The molecule has 1 N–H and O–H groups in total. The van der Waals surface area contributed by atoms with E-state index in [1.807, 2.05) is 31.2 Å². The summed E-state index contributed by atoms with van der Waals surface area (Å²) in [4.78, 5) is 12.0. The average molecular weight is 219 g/mol. The van der Waals surface area contributed by atoms with Gasteiger partial charge in [-0.05, 0) is 38.1 Å². The lowest BCUT2D eigenvalue weighted by Crippen LogP contribution is -2.42. The fraction of sp³-hybridized carbons (Fsp3) is 0.462. The predicted molar refractivity (Wildman–Crippen MR) is 62.9 cm³/mol. The Balaban J connectivity index is 2.08. The Bertz CT molecular complexity index is 372. The zero-order valence-electron chi connectivity index (χ0n) is 9.53. The number of ether oxygens (including phenoxy) is 1. The number of carbonyl (C=O) groups is 1. The third-order valence-corrected chi connectivity index (χ3v) is 2.83. The van der Waals surface area contributed by atoms with Gasteiger partial charge in [0.1, 0.15) is 5.75 Å². The maximum atomic E-state index is 12.0. The van der Waals surface area contributed by atoms with Crippen LogP contribution >= 0.6 is 0 Å². The molecule has 0 unspecified atom stereocenters. The van der Waals surface area contributed by atoms with Crippen LogP contribution in [-0.2, 0) is 0 Å².